The Kier molecular flexibility index (Phi) is 4.71. The second-order valence-corrected chi connectivity index (χ2v) is 4.81. The lowest BCUT2D eigenvalue weighted by molar-refractivity contribution is -0.131. The van der Waals surface area contributed by atoms with E-state index in [1.165, 1.54) is 6.08 Å². The van der Waals surface area contributed by atoms with E-state index in [9.17, 15) is 14.4 Å². The monoisotopic (exact) mass is 288 g/mol. The van der Waals surface area contributed by atoms with Crippen LogP contribution in [0.4, 0.5) is 0 Å². The number of hydrogen-bond donors (Lipinski definition) is 3. The standard InChI is InChI=1S/C15H16N2O4/c18-13-7-6-12(17-13)9-16-15(21)11-4-1-10(2-5-11)3-8-14(19)20/h1-5,8,12H,6-7,9H2,(H,16,21)(H,17,18)(H,19,20). The molecule has 2 amide bonds. The van der Waals surface area contributed by atoms with E-state index in [-0.39, 0.29) is 17.9 Å². The molecule has 0 radical (unpaired) electrons. The summed E-state index contributed by atoms with van der Waals surface area (Å²) in [6.07, 6.45) is 3.74. The van der Waals surface area contributed by atoms with E-state index in [0.29, 0.717) is 24.1 Å². The minimum Gasteiger partial charge on any atom is -0.478 e. The molecule has 1 heterocycles. The molecule has 0 bridgehead atoms. The molecule has 1 atom stereocenters. The number of nitrogens with one attached hydrogen (secondary N) is 2. The number of benzene rings is 1. The minimum atomic E-state index is -1.02. The first kappa shape index (κ1) is 14.8. The normalized spacial score (nSPS) is 17.7. The maximum absolute atomic E-state index is 11.9. The summed E-state index contributed by atoms with van der Waals surface area (Å²) in [4.78, 5) is 33.4. The fourth-order valence-corrected chi connectivity index (χ4v) is 2.06. The summed E-state index contributed by atoms with van der Waals surface area (Å²) >= 11 is 0. The molecule has 1 unspecified atom stereocenters. The summed E-state index contributed by atoms with van der Waals surface area (Å²) in [5, 5.41) is 14.1. The topological polar surface area (TPSA) is 95.5 Å². The number of carboxylic acids is 1. The molecule has 1 aliphatic rings. The predicted octanol–water partition coefficient (Wildman–Crippen LogP) is 0.793. The average Bonchev–Trinajstić information content (AvgIpc) is 2.89. The minimum absolute atomic E-state index is 0.000719. The molecule has 2 rings (SSSR count). The van der Waals surface area contributed by atoms with Crippen LogP contribution in [0.5, 0.6) is 0 Å². The lowest BCUT2D eigenvalue weighted by Gasteiger charge is -2.11. The Morgan fingerprint density at radius 1 is 1.33 bits per heavy atom. The molecular formula is C15H16N2O4. The van der Waals surface area contributed by atoms with Crippen LogP contribution in [0.3, 0.4) is 0 Å². The van der Waals surface area contributed by atoms with Crippen molar-refractivity contribution in [2.75, 3.05) is 6.54 Å². The van der Waals surface area contributed by atoms with Crippen LogP contribution in [0.15, 0.2) is 30.3 Å². The summed E-state index contributed by atoms with van der Waals surface area (Å²) in [6.45, 7) is 0.408. The number of hydrogen-bond acceptors (Lipinski definition) is 3. The van der Waals surface area contributed by atoms with Crippen LogP contribution in [-0.2, 0) is 9.59 Å². The lowest BCUT2D eigenvalue weighted by Crippen LogP contribution is -2.38. The zero-order valence-corrected chi connectivity index (χ0v) is 11.3. The van der Waals surface area contributed by atoms with Crippen LogP contribution in [0, 0.1) is 0 Å². The molecule has 0 spiro atoms. The lowest BCUT2D eigenvalue weighted by atomic mass is 10.1. The Labute approximate surface area is 121 Å². The van der Waals surface area contributed by atoms with Gasteiger partial charge in [0.25, 0.3) is 5.91 Å². The molecular weight excluding hydrogens is 272 g/mol. The van der Waals surface area contributed by atoms with Crippen molar-refractivity contribution in [1.82, 2.24) is 10.6 Å². The SMILES string of the molecule is O=C(O)C=Cc1ccc(C(=O)NCC2CCC(=O)N2)cc1. The second kappa shape index (κ2) is 6.69. The third-order valence-corrected chi connectivity index (χ3v) is 3.19. The maximum Gasteiger partial charge on any atom is 0.328 e. The van der Waals surface area contributed by atoms with Crippen molar-refractivity contribution in [2.45, 2.75) is 18.9 Å². The zero-order chi connectivity index (χ0) is 15.2. The van der Waals surface area contributed by atoms with Gasteiger partial charge in [-0.1, -0.05) is 12.1 Å². The van der Waals surface area contributed by atoms with Crippen molar-refractivity contribution in [3.8, 4) is 0 Å². The smallest absolute Gasteiger partial charge is 0.328 e. The molecule has 1 saturated heterocycles. The molecule has 0 aliphatic carbocycles. The Morgan fingerprint density at radius 2 is 2.05 bits per heavy atom. The van der Waals surface area contributed by atoms with Gasteiger partial charge in [-0.15, -0.1) is 0 Å². The van der Waals surface area contributed by atoms with Crippen molar-refractivity contribution in [1.29, 1.82) is 0 Å². The summed E-state index contributed by atoms with van der Waals surface area (Å²) in [6, 6.07) is 6.60. The predicted molar refractivity (Wildman–Crippen MR) is 76.6 cm³/mol. The molecule has 1 aromatic carbocycles. The molecule has 6 nitrogen and oxygen atoms in total. The van der Waals surface area contributed by atoms with Crippen molar-refractivity contribution in [2.24, 2.45) is 0 Å². The Morgan fingerprint density at radius 3 is 2.62 bits per heavy atom. The fourth-order valence-electron chi connectivity index (χ4n) is 2.06. The molecule has 1 fully saturated rings. The van der Waals surface area contributed by atoms with E-state index in [2.05, 4.69) is 10.6 Å². The summed E-state index contributed by atoms with van der Waals surface area (Å²) in [7, 11) is 0. The van der Waals surface area contributed by atoms with E-state index in [0.717, 1.165) is 12.5 Å². The van der Waals surface area contributed by atoms with Crippen LogP contribution in [0.2, 0.25) is 0 Å². The highest BCUT2D eigenvalue weighted by Crippen LogP contribution is 2.08. The van der Waals surface area contributed by atoms with Gasteiger partial charge in [0, 0.05) is 30.6 Å². The first-order valence-electron chi connectivity index (χ1n) is 6.63. The maximum atomic E-state index is 11.9. The van der Waals surface area contributed by atoms with Gasteiger partial charge in [-0.25, -0.2) is 4.79 Å². The van der Waals surface area contributed by atoms with Crippen molar-refractivity contribution in [3.05, 3.63) is 41.5 Å². The molecule has 0 aromatic heterocycles. The molecule has 110 valence electrons. The van der Waals surface area contributed by atoms with Crippen LogP contribution >= 0.6 is 0 Å². The van der Waals surface area contributed by atoms with E-state index >= 15 is 0 Å². The van der Waals surface area contributed by atoms with Gasteiger partial charge in [0.15, 0.2) is 0 Å². The van der Waals surface area contributed by atoms with Crippen LogP contribution < -0.4 is 10.6 Å². The van der Waals surface area contributed by atoms with E-state index < -0.39 is 5.97 Å². The van der Waals surface area contributed by atoms with E-state index in [1.54, 1.807) is 24.3 Å². The highest BCUT2D eigenvalue weighted by atomic mass is 16.4. The van der Waals surface area contributed by atoms with Gasteiger partial charge in [-0.05, 0) is 30.2 Å². The number of aliphatic carboxylic acids is 1. The molecule has 0 saturated carbocycles. The zero-order valence-electron chi connectivity index (χ0n) is 11.3. The van der Waals surface area contributed by atoms with Crippen molar-refractivity contribution >= 4 is 23.9 Å². The number of carboxylic acid groups (broad SMARTS) is 1. The van der Waals surface area contributed by atoms with Gasteiger partial charge in [0.05, 0.1) is 0 Å². The van der Waals surface area contributed by atoms with Crippen LogP contribution in [-0.4, -0.2) is 35.5 Å². The number of carbonyl (C=O) groups excluding carboxylic acids is 2. The quantitative estimate of drug-likeness (QED) is 0.698. The van der Waals surface area contributed by atoms with Gasteiger partial charge in [-0.2, -0.15) is 0 Å². The first-order valence-corrected chi connectivity index (χ1v) is 6.63. The van der Waals surface area contributed by atoms with Gasteiger partial charge in [0.1, 0.15) is 0 Å². The van der Waals surface area contributed by atoms with Gasteiger partial charge in [-0.3, -0.25) is 9.59 Å². The van der Waals surface area contributed by atoms with Crippen molar-refractivity contribution < 1.29 is 19.5 Å². The summed E-state index contributed by atoms with van der Waals surface area (Å²) in [5.41, 5.74) is 1.20. The van der Waals surface area contributed by atoms with E-state index in [1.807, 2.05) is 0 Å². The summed E-state index contributed by atoms with van der Waals surface area (Å²) < 4.78 is 0. The summed E-state index contributed by atoms with van der Waals surface area (Å²) in [5.74, 6) is -1.22. The third kappa shape index (κ3) is 4.45. The fraction of sp³-hybridized carbons (Fsp3) is 0.267. The van der Waals surface area contributed by atoms with Crippen LogP contribution in [0.25, 0.3) is 6.08 Å². The van der Waals surface area contributed by atoms with Crippen molar-refractivity contribution in [3.63, 3.8) is 0 Å². The van der Waals surface area contributed by atoms with Gasteiger partial charge < -0.3 is 15.7 Å². The largest absolute Gasteiger partial charge is 0.478 e. The number of carbonyl (C=O) groups is 3. The highest BCUT2D eigenvalue weighted by Gasteiger charge is 2.20. The second-order valence-electron chi connectivity index (χ2n) is 4.81. The molecule has 1 aromatic rings. The number of rotatable bonds is 5. The third-order valence-electron chi connectivity index (χ3n) is 3.19. The molecule has 1 aliphatic heterocycles. The Balaban J connectivity index is 1.87. The molecule has 3 N–H and O–H groups in total. The number of amides is 2. The van der Waals surface area contributed by atoms with Gasteiger partial charge in [0.2, 0.25) is 5.91 Å². The molecule has 21 heavy (non-hydrogen) atoms. The Hall–Kier alpha value is -2.63. The highest BCUT2D eigenvalue weighted by molar-refractivity contribution is 5.94. The first-order chi connectivity index (χ1) is 10.0. The van der Waals surface area contributed by atoms with Gasteiger partial charge >= 0.3 is 5.97 Å². The molecule has 6 heteroatoms. The Bertz CT molecular complexity index is 578. The van der Waals surface area contributed by atoms with E-state index in [4.69, 9.17) is 5.11 Å². The average molecular weight is 288 g/mol. The van der Waals surface area contributed by atoms with Crippen LogP contribution in [0.1, 0.15) is 28.8 Å².